The average molecular weight is 294 g/mol. The highest BCUT2D eigenvalue weighted by molar-refractivity contribution is 7.17. The highest BCUT2D eigenvalue weighted by Crippen LogP contribution is 2.25. The Hall–Kier alpha value is -2.46. The molecule has 2 aromatic carbocycles. The number of hydrogen-bond acceptors (Lipinski definition) is 3. The summed E-state index contributed by atoms with van der Waals surface area (Å²) in [7, 11) is 0. The Morgan fingerprint density at radius 1 is 1.05 bits per heavy atom. The minimum atomic E-state index is -0.126. The van der Waals surface area contributed by atoms with E-state index in [1.54, 1.807) is 6.20 Å². The minimum Gasteiger partial charge on any atom is -0.321 e. The SMILES string of the molecule is Cc1ccc(NC(=O)c2cnc(-c3ccccc3)s2)cc1. The van der Waals surface area contributed by atoms with Gasteiger partial charge in [0.2, 0.25) is 0 Å². The third-order valence-corrected chi connectivity index (χ3v) is 4.10. The van der Waals surface area contributed by atoms with E-state index >= 15 is 0 Å². The molecule has 0 aliphatic carbocycles. The zero-order valence-corrected chi connectivity index (χ0v) is 12.4. The first-order valence-corrected chi connectivity index (χ1v) is 7.43. The van der Waals surface area contributed by atoms with Gasteiger partial charge in [0.05, 0.1) is 6.20 Å². The van der Waals surface area contributed by atoms with Crippen LogP contribution in [0.3, 0.4) is 0 Å². The molecule has 3 rings (SSSR count). The van der Waals surface area contributed by atoms with Gasteiger partial charge in [0.15, 0.2) is 0 Å². The second-order valence-electron chi connectivity index (χ2n) is 4.72. The van der Waals surface area contributed by atoms with Crippen molar-refractivity contribution in [3.05, 3.63) is 71.2 Å². The third kappa shape index (κ3) is 3.17. The van der Waals surface area contributed by atoms with Gasteiger partial charge in [0.25, 0.3) is 5.91 Å². The summed E-state index contributed by atoms with van der Waals surface area (Å²) in [5, 5.41) is 3.73. The van der Waals surface area contributed by atoms with Crippen LogP contribution in [0.5, 0.6) is 0 Å². The van der Waals surface area contributed by atoms with Gasteiger partial charge >= 0.3 is 0 Å². The molecule has 3 aromatic rings. The van der Waals surface area contributed by atoms with Gasteiger partial charge in [-0.25, -0.2) is 4.98 Å². The van der Waals surface area contributed by atoms with Crippen LogP contribution in [0.1, 0.15) is 15.2 Å². The molecule has 0 unspecified atom stereocenters. The number of hydrogen-bond donors (Lipinski definition) is 1. The number of aryl methyl sites for hydroxylation is 1. The number of carbonyl (C=O) groups is 1. The lowest BCUT2D eigenvalue weighted by Crippen LogP contribution is -2.09. The zero-order chi connectivity index (χ0) is 14.7. The number of benzene rings is 2. The van der Waals surface area contributed by atoms with Crippen molar-refractivity contribution in [2.24, 2.45) is 0 Å². The lowest BCUT2D eigenvalue weighted by atomic mass is 10.2. The first-order chi connectivity index (χ1) is 10.2. The van der Waals surface area contributed by atoms with Gasteiger partial charge in [0.1, 0.15) is 9.88 Å². The minimum absolute atomic E-state index is 0.126. The van der Waals surface area contributed by atoms with Crippen molar-refractivity contribution in [3.8, 4) is 10.6 Å². The second-order valence-corrected chi connectivity index (χ2v) is 5.75. The number of aromatic nitrogens is 1. The number of amides is 1. The summed E-state index contributed by atoms with van der Waals surface area (Å²) in [6.45, 7) is 2.01. The molecule has 21 heavy (non-hydrogen) atoms. The van der Waals surface area contributed by atoms with Crippen LogP contribution in [0.15, 0.2) is 60.8 Å². The number of rotatable bonds is 3. The Morgan fingerprint density at radius 2 is 1.76 bits per heavy atom. The van der Waals surface area contributed by atoms with Crippen molar-refractivity contribution in [2.45, 2.75) is 6.92 Å². The fourth-order valence-electron chi connectivity index (χ4n) is 1.92. The average Bonchev–Trinajstić information content (AvgIpc) is 3.00. The molecule has 0 radical (unpaired) electrons. The molecule has 3 nitrogen and oxygen atoms in total. The molecule has 0 aliphatic heterocycles. The molecule has 104 valence electrons. The van der Waals surface area contributed by atoms with Gasteiger partial charge in [-0.1, -0.05) is 48.0 Å². The van der Waals surface area contributed by atoms with E-state index in [1.807, 2.05) is 61.5 Å². The van der Waals surface area contributed by atoms with E-state index in [-0.39, 0.29) is 5.91 Å². The quantitative estimate of drug-likeness (QED) is 0.779. The predicted octanol–water partition coefficient (Wildman–Crippen LogP) is 4.37. The maximum absolute atomic E-state index is 12.2. The molecule has 0 bridgehead atoms. The summed E-state index contributed by atoms with van der Waals surface area (Å²) in [5.74, 6) is -0.126. The van der Waals surface area contributed by atoms with E-state index in [1.165, 1.54) is 11.3 Å². The van der Waals surface area contributed by atoms with Gasteiger partial charge in [-0.15, -0.1) is 11.3 Å². The van der Waals surface area contributed by atoms with Gasteiger partial charge < -0.3 is 5.32 Å². The third-order valence-electron chi connectivity index (χ3n) is 3.06. The van der Waals surface area contributed by atoms with E-state index in [4.69, 9.17) is 0 Å². The predicted molar refractivity (Wildman–Crippen MR) is 86.7 cm³/mol. The van der Waals surface area contributed by atoms with Crippen molar-refractivity contribution < 1.29 is 4.79 Å². The van der Waals surface area contributed by atoms with Crippen molar-refractivity contribution >= 4 is 22.9 Å². The van der Waals surface area contributed by atoms with Crippen LogP contribution >= 0.6 is 11.3 Å². The van der Waals surface area contributed by atoms with Gasteiger partial charge in [-0.3, -0.25) is 4.79 Å². The monoisotopic (exact) mass is 294 g/mol. The molecule has 1 heterocycles. The Kier molecular flexibility index (Phi) is 3.79. The number of nitrogens with one attached hydrogen (secondary N) is 1. The number of nitrogens with zero attached hydrogens (tertiary/aromatic N) is 1. The van der Waals surface area contributed by atoms with Crippen LogP contribution < -0.4 is 5.32 Å². The summed E-state index contributed by atoms with van der Waals surface area (Å²) >= 11 is 1.39. The van der Waals surface area contributed by atoms with Gasteiger partial charge in [-0.2, -0.15) is 0 Å². The van der Waals surface area contributed by atoms with Crippen molar-refractivity contribution in [1.82, 2.24) is 4.98 Å². The maximum atomic E-state index is 12.2. The van der Waals surface area contributed by atoms with Crippen LogP contribution in [0.25, 0.3) is 10.6 Å². The summed E-state index contributed by atoms with van der Waals surface area (Å²) in [6, 6.07) is 17.6. The van der Waals surface area contributed by atoms with E-state index in [0.717, 1.165) is 21.8 Å². The topological polar surface area (TPSA) is 42.0 Å². The molecule has 1 amide bonds. The fourth-order valence-corrected chi connectivity index (χ4v) is 2.74. The summed E-state index contributed by atoms with van der Waals surface area (Å²) in [6.07, 6.45) is 1.62. The highest BCUT2D eigenvalue weighted by atomic mass is 32.1. The summed E-state index contributed by atoms with van der Waals surface area (Å²) in [5.41, 5.74) is 2.98. The van der Waals surface area contributed by atoms with E-state index in [0.29, 0.717) is 4.88 Å². The van der Waals surface area contributed by atoms with Crippen LogP contribution in [0.2, 0.25) is 0 Å². The smallest absolute Gasteiger partial charge is 0.267 e. The Bertz CT molecular complexity index is 748. The first kappa shape index (κ1) is 13.5. The highest BCUT2D eigenvalue weighted by Gasteiger charge is 2.11. The molecular weight excluding hydrogens is 280 g/mol. The van der Waals surface area contributed by atoms with Crippen LogP contribution in [-0.4, -0.2) is 10.9 Å². The van der Waals surface area contributed by atoms with Crippen molar-refractivity contribution in [2.75, 3.05) is 5.32 Å². The molecular formula is C17H14N2OS. The van der Waals surface area contributed by atoms with Crippen molar-refractivity contribution in [3.63, 3.8) is 0 Å². The molecule has 0 spiro atoms. The normalized spacial score (nSPS) is 10.3. The molecule has 1 aromatic heterocycles. The number of thiazole rings is 1. The van der Waals surface area contributed by atoms with E-state index in [2.05, 4.69) is 10.3 Å². The lowest BCUT2D eigenvalue weighted by molar-refractivity contribution is 0.103. The molecule has 0 saturated heterocycles. The molecule has 1 N–H and O–H groups in total. The molecule has 0 atom stereocenters. The Morgan fingerprint density at radius 3 is 2.48 bits per heavy atom. The molecule has 0 fully saturated rings. The maximum Gasteiger partial charge on any atom is 0.267 e. The van der Waals surface area contributed by atoms with E-state index < -0.39 is 0 Å². The van der Waals surface area contributed by atoms with Crippen LogP contribution in [-0.2, 0) is 0 Å². The van der Waals surface area contributed by atoms with Gasteiger partial charge in [0, 0.05) is 11.3 Å². The number of anilines is 1. The standard InChI is InChI=1S/C17H14N2OS/c1-12-7-9-14(10-8-12)19-16(20)15-11-18-17(21-15)13-5-3-2-4-6-13/h2-11H,1H3,(H,19,20). The molecule has 0 aliphatic rings. The molecule has 0 saturated carbocycles. The van der Waals surface area contributed by atoms with Crippen LogP contribution in [0, 0.1) is 6.92 Å². The summed E-state index contributed by atoms with van der Waals surface area (Å²) in [4.78, 5) is 17.1. The second kappa shape index (κ2) is 5.89. The summed E-state index contributed by atoms with van der Waals surface area (Å²) < 4.78 is 0. The fraction of sp³-hybridized carbons (Fsp3) is 0.0588. The number of carbonyl (C=O) groups excluding carboxylic acids is 1. The van der Waals surface area contributed by atoms with E-state index in [9.17, 15) is 4.79 Å². The van der Waals surface area contributed by atoms with Gasteiger partial charge in [-0.05, 0) is 19.1 Å². The molecule has 4 heteroatoms. The van der Waals surface area contributed by atoms with Crippen LogP contribution in [0.4, 0.5) is 5.69 Å². The zero-order valence-electron chi connectivity index (χ0n) is 11.5. The Balaban J connectivity index is 1.77. The largest absolute Gasteiger partial charge is 0.321 e. The lowest BCUT2D eigenvalue weighted by Gasteiger charge is -2.03. The first-order valence-electron chi connectivity index (χ1n) is 6.61. The Labute approximate surface area is 127 Å². The van der Waals surface area contributed by atoms with Crippen molar-refractivity contribution in [1.29, 1.82) is 0 Å².